The summed E-state index contributed by atoms with van der Waals surface area (Å²) in [6, 6.07) is 4.50. The predicted molar refractivity (Wildman–Crippen MR) is 66.3 cm³/mol. The van der Waals surface area contributed by atoms with E-state index in [1.807, 2.05) is 4.90 Å². The van der Waals surface area contributed by atoms with Crippen LogP contribution in [-0.2, 0) is 0 Å². The molecule has 0 aromatic heterocycles. The third-order valence-corrected chi connectivity index (χ3v) is 3.71. The minimum absolute atomic E-state index is 0.236. The molecular weight excluding hydrogens is 234 g/mol. The molecule has 1 heterocycles. The van der Waals surface area contributed by atoms with Crippen molar-refractivity contribution in [3.63, 3.8) is 0 Å². The molecule has 0 unspecified atom stereocenters. The maximum Gasteiger partial charge on any atom is 0.183 e. The first-order chi connectivity index (χ1) is 8.67. The van der Waals surface area contributed by atoms with E-state index in [0.29, 0.717) is 5.92 Å². The summed E-state index contributed by atoms with van der Waals surface area (Å²) < 4.78 is 27.4. The molecule has 1 aliphatic rings. The highest BCUT2D eigenvalue weighted by molar-refractivity contribution is 5.52. The number of hydrogen-bond acceptors (Lipinski definition) is 2. The first-order valence-electron chi connectivity index (χ1n) is 6.30. The monoisotopic (exact) mass is 250 g/mol. The number of rotatable bonds is 2. The van der Waals surface area contributed by atoms with Gasteiger partial charge in [0.15, 0.2) is 11.6 Å². The molecule has 0 aliphatic carbocycles. The standard InChI is InChI=1S/C14H16F2N2/c1-2-10-5-7-18(8-6-10)12-4-3-11(9-17)13(15)14(12)16/h3-4,10H,2,5-8H2,1H3. The first-order valence-corrected chi connectivity index (χ1v) is 6.30. The van der Waals surface area contributed by atoms with Crippen LogP contribution in [0.15, 0.2) is 12.1 Å². The van der Waals surface area contributed by atoms with E-state index >= 15 is 0 Å². The van der Waals surface area contributed by atoms with Gasteiger partial charge < -0.3 is 4.90 Å². The van der Waals surface area contributed by atoms with E-state index in [9.17, 15) is 8.78 Å². The number of nitrogens with zero attached hydrogens (tertiary/aromatic N) is 2. The normalized spacial score (nSPS) is 16.7. The Labute approximate surface area is 106 Å². The molecule has 18 heavy (non-hydrogen) atoms. The summed E-state index contributed by atoms with van der Waals surface area (Å²) in [6.45, 7) is 3.66. The Kier molecular flexibility index (Phi) is 3.81. The van der Waals surface area contributed by atoms with Gasteiger partial charge in [0.1, 0.15) is 6.07 Å². The van der Waals surface area contributed by atoms with Crippen molar-refractivity contribution in [2.24, 2.45) is 5.92 Å². The number of piperidine rings is 1. The highest BCUT2D eigenvalue weighted by atomic mass is 19.2. The fraction of sp³-hybridized carbons (Fsp3) is 0.500. The van der Waals surface area contributed by atoms with E-state index in [1.165, 1.54) is 12.1 Å². The van der Waals surface area contributed by atoms with Gasteiger partial charge in [-0.1, -0.05) is 13.3 Å². The summed E-state index contributed by atoms with van der Waals surface area (Å²) in [6.07, 6.45) is 3.16. The number of nitriles is 1. The zero-order valence-electron chi connectivity index (χ0n) is 10.4. The van der Waals surface area contributed by atoms with Gasteiger partial charge in [-0.05, 0) is 30.9 Å². The van der Waals surface area contributed by atoms with Gasteiger partial charge >= 0.3 is 0 Å². The van der Waals surface area contributed by atoms with Gasteiger partial charge in [0.2, 0.25) is 0 Å². The molecule has 0 bridgehead atoms. The van der Waals surface area contributed by atoms with E-state index in [4.69, 9.17) is 5.26 Å². The van der Waals surface area contributed by atoms with Crippen molar-refractivity contribution in [2.45, 2.75) is 26.2 Å². The SMILES string of the molecule is CCC1CCN(c2ccc(C#N)c(F)c2F)CC1. The molecule has 0 atom stereocenters. The summed E-state index contributed by atoms with van der Waals surface area (Å²) >= 11 is 0. The average Bonchev–Trinajstić information content (AvgIpc) is 2.42. The molecule has 0 N–H and O–H groups in total. The van der Waals surface area contributed by atoms with Crippen LogP contribution in [0.2, 0.25) is 0 Å². The van der Waals surface area contributed by atoms with Gasteiger partial charge in [-0.3, -0.25) is 0 Å². The van der Waals surface area contributed by atoms with Crippen molar-refractivity contribution in [3.8, 4) is 6.07 Å². The molecule has 96 valence electrons. The molecule has 1 saturated heterocycles. The summed E-state index contributed by atoms with van der Waals surface area (Å²) in [5.41, 5.74) is 0.0424. The lowest BCUT2D eigenvalue weighted by atomic mass is 9.94. The van der Waals surface area contributed by atoms with Gasteiger partial charge in [-0.25, -0.2) is 8.78 Å². The Morgan fingerprint density at radius 1 is 1.28 bits per heavy atom. The Balaban J connectivity index is 2.20. The van der Waals surface area contributed by atoms with Crippen molar-refractivity contribution in [3.05, 3.63) is 29.3 Å². The number of anilines is 1. The van der Waals surface area contributed by atoms with Gasteiger partial charge in [-0.2, -0.15) is 5.26 Å². The molecule has 0 radical (unpaired) electrons. The zero-order chi connectivity index (χ0) is 13.1. The second kappa shape index (κ2) is 5.34. The van der Waals surface area contributed by atoms with E-state index in [0.717, 1.165) is 32.4 Å². The fourth-order valence-corrected chi connectivity index (χ4v) is 2.45. The molecule has 2 rings (SSSR count). The molecule has 0 amide bonds. The molecule has 2 nitrogen and oxygen atoms in total. The number of benzene rings is 1. The fourth-order valence-electron chi connectivity index (χ4n) is 2.45. The third kappa shape index (κ3) is 2.31. The minimum Gasteiger partial charge on any atom is -0.369 e. The van der Waals surface area contributed by atoms with Crippen LogP contribution in [0, 0.1) is 28.9 Å². The van der Waals surface area contributed by atoms with Crippen LogP contribution in [0.5, 0.6) is 0 Å². The molecule has 4 heteroatoms. The van der Waals surface area contributed by atoms with E-state index in [-0.39, 0.29) is 11.3 Å². The third-order valence-electron chi connectivity index (χ3n) is 3.71. The summed E-state index contributed by atoms with van der Waals surface area (Å²) in [5, 5.41) is 8.64. The predicted octanol–water partition coefficient (Wildman–Crippen LogP) is 3.46. The molecule has 1 aromatic carbocycles. The Bertz CT molecular complexity index is 471. The van der Waals surface area contributed by atoms with E-state index in [1.54, 1.807) is 6.07 Å². The average molecular weight is 250 g/mol. The van der Waals surface area contributed by atoms with Crippen molar-refractivity contribution < 1.29 is 8.78 Å². The van der Waals surface area contributed by atoms with E-state index < -0.39 is 11.6 Å². The molecule has 1 aromatic rings. The quantitative estimate of drug-likeness (QED) is 0.803. The van der Waals surface area contributed by atoms with Crippen molar-refractivity contribution >= 4 is 5.69 Å². The smallest absolute Gasteiger partial charge is 0.183 e. The van der Waals surface area contributed by atoms with Crippen LogP contribution in [0.4, 0.5) is 14.5 Å². The highest BCUT2D eigenvalue weighted by Crippen LogP contribution is 2.29. The highest BCUT2D eigenvalue weighted by Gasteiger charge is 2.22. The van der Waals surface area contributed by atoms with Gasteiger partial charge in [0.25, 0.3) is 0 Å². The van der Waals surface area contributed by atoms with Crippen LogP contribution in [0.1, 0.15) is 31.7 Å². The van der Waals surface area contributed by atoms with Crippen LogP contribution in [-0.4, -0.2) is 13.1 Å². The molecular formula is C14H16F2N2. The summed E-state index contributed by atoms with van der Waals surface area (Å²) in [7, 11) is 0. The lowest BCUT2D eigenvalue weighted by Gasteiger charge is -2.33. The van der Waals surface area contributed by atoms with Crippen molar-refractivity contribution in [1.82, 2.24) is 0 Å². The Morgan fingerprint density at radius 3 is 2.50 bits per heavy atom. The maximum atomic E-state index is 13.8. The summed E-state index contributed by atoms with van der Waals surface area (Å²) in [5.74, 6) is -1.25. The van der Waals surface area contributed by atoms with Crippen LogP contribution in [0.3, 0.4) is 0 Å². The van der Waals surface area contributed by atoms with Gasteiger partial charge in [-0.15, -0.1) is 0 Å². The second-order valence-electron chi connectivity index (χ2n) is 4.71. The second-order valence-corrected chi connectivity index (χ2v) is 4.71. The molecule has 1 fully saturated rings. The number of hydrogen-bond donors (Lipinski definition) is 0. The number of halogens is 2. The maximum absolute atomic E-state index is 13.8. The Hall–Kier alpha value is -1.63. The molecule has 0 saturated carbocycles. The zero-order valence-corrected chi connectivity index (χ0v) is 10.4. The lowest BCUT2D eigenvalue weighted by Crippen LogP contribution is -2.34. The largest absolute Gasteiger partial charge is 0.369 e. The minimum atomic E-state index is -1.03. The van der Waals surface area contributed by atoms with E-state index in [2.05, 4.69) is 6.92 Å². The van der Waals surface area contributed by atoms with Crippen molar-refractivity contribution in [2.75, 3.05) is 18.0 Å². The van der Waals surface area contributed by atoms with Gasteiger partial charge in [0.05, 0.1) is 11.3 Å². The van der Waals surface area contributed by atoms with Crippen LogP contribution >= 0.6 is 0 Å². The molecule has 0 spiro atoms. The topological polar surface area (TPSA) is 27.0 Å². The lowest BCUT2D eigenvalue weighted by molar-refractivity contribution is 0.391. The van der Waals surface area contributed by atoms with Crippen molar-refractivity contribution in [1.29, 1.82) is 5.26 Å². The summed E-state index contributed by atoms with van der Waals surface area (Å²) in [4.78, 5) is 1.87. The van der Waals surface area contributed by atoms with Crippen LogP contribution in [0.25, 0.3) is 0 Å². The van der Waals surface area contributed by atoms with Crippen LogP contribution < -0.4 is 4.90 Å². The molecule has 1 aliphatic heterocycles. The van der Waals surface area contributed by atoms with Gasteiger partial charge in [0, 0.05) is 13.1 Å². The Morgan fingerprint density at radius 2 is 1.94 bits per heavy atom. The first kappa shape index (κ1) is 12.8.